The maximum absolute atomic E-state index is 2.42. The first-order valence-corrected chi connectivity index (χ1v) is 18.3. The molecule has 10 aromatic rings. The molecule has 0 aromatic heterocycles. The molecular weight excluding hydrogens is 639 g/mol. The fourth-order valence-corrected chi connectivity index (χ4v) is 8.14. The summed E-state index contributed by atoms with van der Waals surface area (Å²) in [5, 5.41) is 10.1. The largest absolute Gasteiger partial charge is 0.310 e. The zero-order chi connectivity index (χ0) is 35.1. The number of fused-ring (bicyclic) bond motifs is 6. The lowest BCUT2D eigenvalue weighted by Gasteiger charge is -2.27. The van der Waals surface area contributed by atoms with Crippen LogP contribution in [0.25, 0.3) is 76.5 Å². The monoisotopic (exact) mass is 673 g/mol. The van der Waals surface area contributed by atoms with Gasteiger partial charge in [-0.25, -0.2) is 0 Å². The van der Waals surface area contributed by atoms with E-state index in [9.17, 15) is 0 Å². The normalized spacial score (nSPS) is 11.4. The fourth-order valence-electron chi connectivity index (χ4n) is 8.14. The molecule has 0 saturated carbocycles. The van der Waals surface area contributed by atoms with Crippen LogP contribution in [0.3, 0.4) is 0 Å². The molecule has 0 heterocycles. The van der Waals surface area contributed by atoms with Gasteiger partial charge < -0.3 is 4.90 Å². The van der Waals surface area contributed by atoms with Crippen molar-refractivity contribution in [2.24, 2.45) is 0 Å². The average Bonchev–Trinajstić information content (AvgIpc) is 3.24. The summed E-state index contributed by atoms with van der Waals surface area (Å²) in [4.78, 5) is 2.37. The summed E-state index contributed by atoms with van der Waals surface area (Å²) in [7, 11) is 0. The maximum Gasteiger partial charge on any atom is 0.0468 e. The summed E-state index contributed by atoms with van der Waals surface area (Å²) in [5.74, 6) is 0. The SMILES string of the molecule is c1ccc(-c2cc(N(c3ccccc3)c3ccc(-c4cccc5ccccc45)cc3)ccc2-c2cc3c4ccccc4ccc3c3ccccc23)cc1. The molecule has 0 unspecified atom stereocenters. The number of anilines is 3. The zero-order valence-electron chi connectivity index (χ0n) is 29.2. The van der Waals surface area contributed by atoms with E-state index in [2.05, 4.69) is 217 Å². The number of nitrogens with zero attached hydrogens (tertiary/aromatic N) is 1. The van der Waals surface area contributed by atoms with Gasteiger partial charge in [0.25, 0.3) is 0 Å². The van der Waals surface area contributed by atoms with Crippen molar-refractivity contribution in [1.29, 1.82) is 0 Å². The minimum Gasteiger partial charge on any atom is -0.310 e. The first kappa shape index (κ1) is 30.8. The van der Waals surface area contributed by atoms with Crippen molar-refractivity contribution < 1.29 is 0 Å². The quantitative estimate of drug-likeness (QED) is 0.159. The number of benzene rings is 10. The predicted octanol–water partition coefficient (Wildman–Crippen LogP) is 14.8. The van der Waals surface area contributed by atoms with Crippen LogP contribution >= 0.6 is 0 Å². The highest BCUT2D eigenvalue weighted by molar-refractivity contribution is 6.21. The van der Waals surface area contributed by atoms with E-state index in [-0.39, 0.29) is 0 Å². The van der Waals surface area contributed by atoms with Crippen LogP contribution in [0.15, 0.2) is 212 Å². The number of para-hydroxylation sites is 1. The molecule has 0 N–H and O–H groups in total. The maximum atomic E-state index is 2.42. The molecule has 0 amide bonds. The van der Waals surface area contributed by atoms with Crippen LogP contribution in [-0.4, -0.2) is 0 Å². The van der Waals surface area contributed by atoms with Crippen LogP contribution in [-0.2, 0) is 0 Å². The Morgan fingerprint density at radius 3 is 1.55 bits per heavy atom. The Balaban J connectivity index is 1.17. The lowest BCUT2D eigenvalue weighted by molar-refractivity contribution is 1.28. The van der Waals surface area contributed by atoms with Gasteiger partial charge in [0.15, 0.2) is 0 Å². The van der Waals surface area contributed by atoms with Gasteiger partial charge in [0.05, 0.1) is 0 Å². The highest BCUT2D eigenvalue weighted by Gasteiger charge is 2.19. The highest BCUT2D eigenvalue weighted by atomic mass is 15.1. The standard InChI is InChI=1S/C52H35N/c1-3-14-37(15-4-1)50-34-42(31-33-49(50)52-35-51-45-22-10-8-17-38(45)28-32-48(51)46-23-11-12-24-47(46)52)53(40-19-5-2-6-20-40)41-29-26-39(27-30-41)44-25-13-18-36-16-7-9-21-43(36)44/h1-35H. The molecule has 0 bridgehead atoms. The van der Waals surface area contributed by atoms with Gasteiger partial charge in [-0.2, -0.15) is 0 Å². The highest BCUT2D eigenvalue weighted by Crippen LogP contribution is 2.45. The summed E-state index contributed by atoms with van der Waals surface area (Å²) in [5.41, 5.74) is 10.6. The van der Waals surface area contributed by atoms with Crippen LogP contribution in [0.2, 0.25) is 0 Å². The Labute approximate surface area is 309 Å². The van der Waals surface area contributed by atoms with Gasteiger partial charge in [-0.15, -0.1) is 0 Å². The van der Waals surface area contributed by atoms with Gasteiger partial charge in [0, 0.05) is 17.1 Å². The lowest BCUT2D eigenvalue weighted by Crippen LogP contribution is -2.10. The second-order valence-electron chi connectivity index (χ2n) is 13.7. The van der Waals surface area contributed by atoms with Gasteiger partial charge in [0.2, 0.25) is 0 Å². The van der Waals surface area contributed by atoms with E-state index in [0.29, 0.717) is 0 Å². The van der Waals surface area contributed by atoms with E-state index < -0.39 is 0 Å². The minimum absolute atomic E-state index is 1.10. The smallest absolute Gasteiger partial charge is 0.0468 e. The van der Waals surface area contributed by atoms with Gasteiger partial charge in [-0.1, -0.05) is 170 Å². The first-order valence-electron chi connectivity index (χ1n) is 18.3. The Morgan fingerprint density at radius 2 is 0.774 bits per heavy atom. The third-order valence-corrected chi connectivity index (χ3v) is 10.6. The predicted molar refractivity (Wildman–Crippen MR) is 227 cm³/mol. The van der Waals surface area contributed by atoms with Crippen molar-refractivity contribution >= 4 is 60.2 Å². The fraction of sp³-hybridized carbons (Fsp3) is 0. The van der Waals surface area contributed by atoms with Crippen molar-refractivity contribution in [1.82, 2.24) is 0 Å². The molecular formula is C52H35N. The van der Waals surface area contributed by atoms with E-state index in [4.69, 9.17) is 0 Å². The van der Waals surface area contributed by atoms with Crippen molar-refractivity contribution in [2.75, 3.05) is 4.90 Å². The number of rotatable bonds is 6. The van der Waals surface area contributed by atoms with Gasteiger partial charge in [-0.05, 0) is 119 Å². The molecule has 0 aliphatic carbocycles. The van der Waals surface area contributed by atoms with Crippen LogP contribution in [0.1, 0.15) is 0 Å². The van der Waals surface area contributed by atoms with Crippen LogP contribution < -0.4 is 4.90 Å². The molecule has 0 radical (unpaired) electrons. The van der Waals surface area contributed by atoms with Crippen LogP contribution in [0, 0.1) is 0 Å². The number of hydrogen-bond acceptors (Lipinski definition) is 1. The van der Waals surface area contributed by atoms with Gasteiger partial charge in [0.1, 0.15) is 0 Å². The van der Waals surface area contributed by atoms with Crippen LogP contribution in [0.5, 0.6) is 0 Å². The Morgan fingerprint density at radius 1 is 0.226 bits per heavy atom. The summed E-state index contributed by atoms with van der Waals surface area (Å²) in [6.07, 6.45) is 0. The molecule has 248 valence electrons. The molecule has 0 aliphatic rings. The molecule has 53 heavy (non-hydrogen) atoms. The first-order chi connectivity index (χ1) is 26.3. The molecule has 10 aromatic carbocycles. The topological polar surface area (TPSA) is 3.24 Å². The summed E-state index contributed by atoms with van der Waals surface area (Å²) >= 11 is 0. The van der Waals surface area contributed by atoms with E-state index in [0.717, 1.165) is 17.1 Å². The molecule has 1 heteroatoms. The molecule has 0 aliphatic heterocycles. The van der Waals surface area contributed by atoms with E-state index >= 15 is 0 Å². The molecule has 10 rings (SSSR count). The van der Waals surface area contributed by atoms with Crippen molar-refractivity contribution in [3.8, 4) is 33.4 Å². The molecule has 0 fully saturated rings. The van der Waals surface area contributed by atoms with Crippen molar-refractivity contribution in [3.63, 3.8) is 0 Å². The zero-order valence-corrected chi connectivity index (χ0v) is 29.2. The lowest BCUT2D eigenvalue weighted by atomic mass is 9.87. The van der Waals surface area contributed by atoms with Gasteiger partial charge in [-0.3, -0.25) is 0 Å². The Kier molecular flexibility index (Phi) is 7.55. The Hall–Kier alpha value is -6.96. The number of hydrogen-bond donors (Lipinski definition) is 0. The van der Waals surface area contributed by atoms with E-state index in [1.807, 2.05) is 0 Å². The second kappa shape index (κ2) is 13.0. The third-order valence-electron chi connectivity index (χ3n) is 10.6. The Bertz CT molecular complexity index is 2920. The molecule has 1 nitrogen and oxygen atoms in total. The molecule has 0 spiro atoms. The van der Waals surface area contributed by atoms with Gasteiger partial charge >= 0.3 is 0 Å². The summed E-state index contributed by atoms with van der Waals surface area (Å²) in [6, 6.07) is 77.2. The summed E-state index contributed by atoms with van der Waals surface area (Å²) < 4.78 is 0. The van der Waals surface area contributed by atoms with Crippen molar-refractivity contribution in [3.05, 3.63) is 212 Å². The molecule has 0 saturated heterocycles. The third kappa shape index (κ3) is 5.42. The minimum atomic E-state index is 1.10. The summed E-state index contributed by atoms with van der Waals surface area (Å²) in [6.45, 7) is 0. The average molecular weight is 674 g/mol. The van der Waals surface area contributed by atoms with Crippen LogP contribution in [0.4, 0.5) is 17.1 Å². The molecule has 0 atom stereocenters. The van der Waals surface area contributed by atoms with Crippen molar-refractivity contribution in [2.45, 2.75) is 0 Å². The van der Waals surface area contributed by atoms with E-state index in [1.54, 1.807) is 0 Å². The van der Waals surface area contributed by atoms with E-state index in [1.165, 1.54) is 76.5 Å². The second-order valence-corrected chi connectivity index (χ2v) is 13.7.